The van der Waals surface area contributed by atoms with E-state index in [1.165, 1.54) is 12.3 Å². The summed E-state index contributed by atoms with van der Waals surface area (Å²) < 4.78 is 125. The first-order valence-electron chi connectivity index (χ1n) is 15.5. The monoisotopic (exact) mass is 607 g/mol. The first-order valence-corrected chi connectivity index (χ1v) is 17.0. The van der Waals surface area contributed by atoms with Gasteiger partial charge in [0, 0.05) is 27.9 Å². The average Bonchev–Trinajstić information content (AvgIpc) is 3.28. The number of nitrogens with zero attached hydrogens (tertiary/aromatic N) is 2. The van der Waals surface area contributed by atoms with Crippen LogP contribution in [0.1, 0.15) is 53.8 Å². The molecule has 10 heteroatoms. The van der Waals surface area contributed by atoms with Gasteiger partial charge in [-0.25, -0.2) is 9.41 Å². The molecule has 222 valence electrons. The minimum atomic E-state index is -5.58. The Balaban J connectivity index is 1.81. The zero-order chi connectivity index (χ0) is 34.4. The van der Waals surface area contributed by atoms with Crippen LogP contribution in [0.3, 0.4) is 0 Å². The van der Waals surface area contributed by atoms with E-state index in [4.69, 9.17) is 15.1 Å². The summed E-state index contributed by atoms with van der Waals surface area (Å²) in [5.74, 6) is -2.03. The molecule has 1 aliphatic carbocycles. The van der Waals surface area contributed by atoms with E-state index in [1.807, 2.05) is 6.92 Å². The van der Waals surface area contributed by atoms with E-state index in [2.05, 4.69) is 30.6 Å². The number of hydrogen-bond donors (Lipinski definition) is 0. The van der Waals surface area contributed by atoms with Gasteiger partial charge < -0.3 is 4.42 Å². The van der Waals surface area contributed by atoms with Crippen molar-refractivity contribution in [1.29, 1.82) is 0 Å². The van der Waals surface area contributed by atoms with Crippen molar-refractivity contribution in [3.8, 4) is 11.3 Å². The Hall–Kier alpha value is -3.32. The van der Waals surface area contributed by atoms with Gasteiger partial charge in [0.15, 0.2) is 17.3 Å². The van der Waals surface area contributed by atoms with Gasteiger partial charge in [-0.15, -0.1) is 0 Å². The summed E-state index contributed by atoms with van der Waals surface area (Å²) in [6.07, 6.45) is -14.3. The molecule has 42 heavy (non-hydrogen) atoms. The molecule has 0 atom stereocenters. The number of aryl methyl sites for hydroxylation is 2. The molecule has 0 aliphatic heterocycles. The molecule has 0 N–H and O–H groups in total. The molecule has 0 radical (unpaired) electrons. The van der Waals surface area contributed by atoms with E-state index in [-0.39, 0.29) is 11.1 Å². The van der Waals surface area contributed by atoms with Gasteiger partial charge >= 0.3 is 12.4 Å². The highest BCUT2D eigenvalue weighted by Gasteiger charge is 2.70. The van der Waals surface area contributed by atoms with Crippen LogP contribution in [0.4, 0.5) is 32.0 Å². The van der Waals surface area contributed by atoms with E-state index in [1.54, 1.807) is 29.8 Å². The van der Waals surface area contributed by atoms with Gasteiger partial charge in [0.1, 0.15) is 18.2 Å². The van der Waals surface area contributed by atoms with Crippen molar-refractivity contribution in [1.82, 2.24) is 0 Å². The zero-order valence-electron chi connectivity index (χ0n) is 27.9. The third-order valence-corrected chi connectivity index (χ3v) is 10.8. The quantitative estimate of drug-likeness (QED) is 0.0984. The summed E-state index contributed by atoms with van der Waals surface area (Å²) >= 11 is 0. The van der Waals surface area contributed by atoms with Crippen molar-refractivity contribution in [3.05, 3.63) is 64.6 Å². The number of hydrogen-bond acceptors (Lipinski definition) is 1. The first-order chi connectivity index (χ1) is 20.9. The molecular weight excluding hydrogens is 570 g/mol. The van der Waals surface area contributed by atoms with Crippen molar-refractivity contribution in [3.63, 3.8) is 0 Å². The van der Waals surface area contributed by atoms with Gasteiger partial charge in [0.05, 0.1) is 20.2 Å². The highest BCUT2D eigenvalue weighted by atomic mass is 28.3. The molecule has 0 amide bonds. The van der Waals surface area contributed by atoms with Gasteiger partial charge in [-0.2, -0.15) is 26.3 Å². The molecule has 3 nitrogen and oxygen atoms in total. The van der Waals surface area contributed by atoms with E-state index in [9.17, 15) is 27.7 Å². The largest absolute Gasteiger partial charge is 0.456 e. The fourth-order valence-corrected chi connectivity index (χ4v) is 8.14. The lowest BCUT2D eigenvalue weighted by Crippen LogP contribution is -2.51. The third kappa shape index (κ3) is 4.70. The van der Waals surface area contributed by atoms with Gasteiger partial charge in [-0.3, -0.25) is 0 Å². The predicted octanol–water partition coefficient (Wildman–Crippen LogP) is 9.56. The number of fused-ring (bicyclic) bond motifs is 3. The van der Waals surface area contributed by atoms with Crippen LogP contribution in [-0.4, -0.2) is 20.4 Å². The van der Waals surface area contributed by atoms with Crippen molar-refractivity contribution < 1.29 is 40.8 Å². The minimum Gasteiger partial charge on any atom is -0.456 e. The van der Waals surface area contributed by atoms with Gasteiger partial charge in [0.25, 0.3) is 0 Å². The van der Waals surface area contributed by atoms with Gasteiger partial charge in [-0.05, 0) is 62.5 Å². The lowest BCUT2D eigenvalue weighted by atomic mass is 9.67. The van der Waals surface area contributed by atoms with Crippen molar-refractivity contribution in [2.45, 2.75) is 77.3 Å². The predicted molar refractivity (Wildman–Crippen MR) is 155 cm³/mol. The maximum absolute atomic E-state index is 13.9. The van der Waals surface area contributed by atoms with Crippen LogP contribution in [0, 0.1) is 25.8 Å². The molecule has 1 saturated carbocycles. The van der Waals surface area contributed by atoms with Crippen LogP contribution in [0.5, 0.6) is 0 Å². The summed E-state index contributed by atoms with van der Waals surface area (Å²) in [6, 6.07) is 8.58. The molecule has 0 spiro atoms. The van der Waals surface area contributed by atoms with Crippen LogP contribution >= 0.6 is 0 Å². The van der Waals surface area contributed by atoms with Crippen LogP contribution < -0.4 is 9.75 Å². The second-order valence-electron chi connectivity index (χ2n) is 12.2. The van der Waals surface area contributed by atoms with Crippen molar-refractivity contribution in [2.75, 3.05) is 0 Å². The second kappa shape index (κ2) is 9.87. The normalized spacial score (nSPS) is 19.2. The minimum absolute atomic E-state index is 0.129. The van der Waals surface area contributed by atoms with Crippen LogP contribution in [-0.2, 0) is 7.05 Å². The van der Waals surface area contributed by atoms with Crippen molar-refractivity contribution >= 4 is 40.9 Å². The maximum atomic E-state index is 13.9. The average molecular weight is 608 g/mol. The van der Waals surface area contributed by atoms with E-state index in [0.717, 1.165) is 21.5 Å². The molecule has 2 aromatic heterocycles. The van der Waals surface area contributed by atoms with Crippen LogP contribution in [0.25, 0.3) is 38.0 Å². The summed E-state index contributed by atoms with van der Waals surface area (Å²) in [7, 11) is -0.441. The molecule has 1 aliphatic rings. The Morgan fingerprint density at radius 2 is 1.69 bits per heavy atom. The summed E-state index contributed by atoms with van der Waals surface area (Å²) in [5, 5.41) is 2.57. The number of pyridine rings is 1. The summed E-state index contributed by atoms with van der Waals surface area (Å²) in [5.41, 5.74) is -1.32. The topological polar surface area (TPSA) is 21.4 Å². The van der Waals surface area contributed by atoms with Gasteiger partial charge in [-0.1, -0.05) is 43.0 Å². The molecule has 2 aromatic carbocycles. The fraction of sp³-hybridized carbons (Fsp3) is 0.438. The smallest absolute Gasteiger partial charge is 0.403 e. The molecule has 2 heterocycles. The SMILES string of the molecule is [2H]C([2H])([2H])c1c[n+](C)c(-c2c(C)c([Si](C)(C)C)cc3c2oc2cc([N+]#[C-])ccc23)cc1C1([2H])CCC(C(F)(F)F)(C(F)(F)F)CC1. The molecule has 0 unspecified atom stereocenters. The number of benzene rings is 2. The number of halogens is 6. The molecular formula is C32H33F6N2OSi+. The van der Waals surface area contributed by atoms with Crippen LogP contribution in [0.2, 0.25) is 19.6 Å². The summed E-state index contributed by atoms with van der Waals surface area (Å²) in [6.45, 7) is 13.0. The molecule has 1 fully saturated rings. The van der Waals surface area contributed by atoms with Gasteiger partial charge in [0.2, 0.25) is 5.69 Å². The highest BCUT2D eigenvalue weighted by molar-refractivity contribution is 6.89. The Kier molecular flexibility index (Phi) is 5.92. The highest BCUT2D eigenvalue weighted by Crippen LogP contribution is 2.60. The van der Waals surface area contributed by atoms with E-state index < -0.39 is 64.3 Å². The number of alkyl halides is 6. The first kappa shape index (κ1) is 25.2. The lowest BCUT2D eigenvalue weighted by Gasteiger charge is -2.42. The number of rotatable bonds is 3. The molecule has 0 bridgehead atoms. The van der Waals surface area contributed by atoms with E-state index in [0.29, 0.717) is 28.1 Å². The summed E-state index contributed by atoms with van der Waals surface area (Å²) in [4.78, 5) is 3.48. The van der Waals surface area contributed by atoms with E-state index >= 15 is 0 Å². The third-order valence-electron chi connectivity index (χ3n) is 8.65. The molecule has 5 rings (SSSR count). The Labute approximate surface area is 247 Å². The lowest BCUT2D eigenvalue weighted by molar-refractivity contribution is -0.660. The van der Waals surface area contributed by atoms with Crippen molar-refractivity contribution in [2.24, 2.45) is 12.5 Å². The Morgan fingerprint density at radius 3 is 2.24 bits per heavy atom. The number of aromatic nitrogens is 1. The Morgan fingerprint density at radius 1 is 1.05 bits per heavy atom. The molecule has 0 saturated heterocycles. The van der Waals surface area contributed by atoms with Crippen LogP contribution in [0.15, 0.2) is 40.9 Å². The molecule has 4 aromatic rings. The number of furan rings is 1. The fourth-order valence-electron chi connectivity index (χ4n) is 6.31. The second-order valence-corrected chi connectivity index (χ2v) is 17.3. The standard InChI is InChI=1S/C32H33F6N2OSi/c1-18-17-40(4)25(15-23(18)20-10-12-30(13-11-20,31(33,34)35)32(36,37)38)28-19(2)27(42(5,6)7)16-24-22-9-8-21(39-3)14-26(22)41-29(24)28/h8-9,14-17,20H,10-13H2,1-2,4-7H3/q+1/i1D3,20D. The Bertz CT molecular complexity index is 1890. The maximum Gasteiger partial charge on any atom is 0.403 e. The zero-order valence-corrected chi connectivity index (χ0v) is 24.9.